The molecule has 0 bridgehead atoms. The van der Waals surface area contributed by atoms with Crippen molar-refractivity contribution in [3.05, 3.63) is 114 Å². The highest BCUT2D eigenvalue weighted by molar-refractivity contribution is 5.89. The first-order valence-electron chi connectivity index (χ1n) is 7.97. The van der Waals surface area contributed by atoms with Gasteiger partial charge in [0.15, 0.2) is 6.10 Å². The maximum atomic E-state index is 14.9. The van der Waals surface area contributed by atoms with E-state index in [-0.39, 0.29) is 0 Å². The zero-order chi connectivity index (χ0) is 17.5. The second kappa shape index (κ2) is 8.06. The van der Waals surface area contributed by atoms with Crippen LogP contribution >= 0.6 is 0 Å². The summed E-state index contributed by atoms with van der Waals surface area (Å²) in [5, 5.41) is 0. The molecule has 0 radical (unpaired) electrons. The smallest absolute Gasteiger partial charge is 0.339 e. The molecule has 3 aromatic rings. The summed E-state index contributed by atoms with van der Waals surface area (Å²) >= 11 is 0. The van der Waals surface area contributed by atoms with Gasteiger partial charge in [-0.2, -0.15) is 0 Å². The minimum absolute atomic E-state index is 0.385. The van der Waals surface area contributed by atoms with Crippen molar-refractivity contribution in [3.63, 3.8) is 0 Å². The van der Waals surface area contributed by atoms with Crippen molar-refractivity contribution < 1.29 is 13.9 Å². The van der Waals surface area contributed by atoms with Gasteiger partial charge >= 0.3 is 5.97 Å². The van der Waals surface area contributed by atoms with E-state index in [1.807, 2.05) is 24.3 Å². The maximum Gasteiger partial charge on any atom is 0.339 e. The third-order valence-corrected chi connectivity index (χ3v) is 3.69. The van der Waals surface area contributed by atoms with Gasteiger partial charge in [0.05, 0.1) is 5.56 Å². The quantitative estimate of drug-likeness (QED) is 0.569. The summed E-state index contributed by atoms with van der Waals surface area (Å²) in [5.41, 5.74) is 1.67. The first kappa shape index (κ1) is 16.7. The zero-order valence-electron chi connectivity index (χ0n) is 13.5. The van der Waals surface area contributed by atoms with Gasteiger partial charge in [0.1, 0.15) is 5.83 Å². The van der Waals surface area contributed by atoms with Gasteiger partial charge < -0.3 is 4.74 Å². The lowest BCUT2D eigenvalue weighted by molar-refractivity contribution is 0.0331. The molecule has 0 aromatic heterocycles. The fraction of sp³-hybridized carbons (Fsp3) is 0.0455. The Morgan fingerprint density at radius 1 is 0.800 bits per heavy atom. The summed E-state index contributed by atoms with van der Waals surface area (Å²) in [7, 11) is 0. The third-order valence-electron chi connectivity index (χ3n) is 3.69. The van der Waals surface area contributed by atoms with Gasteiger partial charge in [0, 0.05) is 0 Å². The fourth-order valence-corrected chi connectivity index (χ4v) is 2.44. The highest BCUT2D eigenvalue weighted by Crippen LogP contribution is 2.29. The summed E-state index contributed by atoms with van der Waals surface area (Å²) in [4.78, 5) is 12.4. The van der Waals surface area contributed by atoms with E-state index < -0.39 is 17.9 Å². The number of carbonyl (C=O) groups excluding carboxylic acids is 1. The van der Waals surface area contributed by atoms with Gasteiger partial charge in [0.2, 0.25) is 0 Å². The molecular formula is C22H17FO2. The minimum Gasteiger partial charge on any atom is -0.446 e. The molecule has 0 saturated carbocycles. The average molecular weight is 332 g/mol. The number of ether oxygens (including phenoxy) is 1. The SMILES string of the molecule is O=C(OC(/C(F)=C/c1ccccc1)c1ccccc1)c1ccccc1. The van der Waals surface area contributed by atoms with Crippen LogP contribution in [0.15, 0.2) is 96.8 Å². The molecule has 3 rings (SSSR count). The summed E-state index contributed by atoms with van der Waals surface area (Å²) in [6, 6.07) is 26.5. The summed E-state index contributed by atoms with van der Waals surface area (Å²) in [5.74, 6) is -1.09. The molecule has 0 aliphatic heterocycles. The van der Waals surface area contributed by atoms with Crippen LogP contribution in [0.25, 0.3) is 6.08 Å². The van der Waals surface area contributed by atoms with Gasteiger partial charge in [-0.15, -0.1) is 0 Å². The molecule has 25 heavy (non-hydrogen) atoms. The Morgan fingerprint density at radius 3 is 1.92 bits per heavy atom. The van der Waals surface area contributed by atoms with Crippen molar-refractivity contribution in [2.24, 2.45) is 0 Å². The number of benzene rings is 3. The topological polar surface area (TPSA) is 26.3 Å². The minimum atomic E-state index is -1.09. The number of hydrogen-bond donors (Lipinski definition) is 0. The summed E-state index contributed by atoms with van der Waals surface area (Å²) in [6.07, 6.45) is 0.296. The number of hydrogen-bond acceptors (Lipinski definition) is 2. The molecule has 1 unspecified atom stereocenters. The van der Waals surface area contributed by atoms with E-state index in [0.717, 1.165) is 0 Å². The van der Waals surface area contributed by atoms with Crippen molar-refractivity contribution in [2.75, 3.05) is 0 Å². The molecule has 124 valence electrons. The molecule has 0 heterocycles. The lowest BCUT2D eigenvalue weighted by Crippen LogP contribution is -2.12. The lowest BCUT2D eigenvalue weighted by atomic mass is 10.1. The van der Waals surface area contributed by atoms with E-state index in [2.05, 4.69) is 0 Å². The Labute approximate surface area is 146 Å². The first-order chi connectivity index (χ1) is 12.2. The Kier molecular flexibility index (Phi) is 5.37. The molecule has 0 saturated heterocycles. The summed E-state index contributed by atoms with van der Waals surface area (Å²) in [6.45, 7) is 0. The van der Waals surface area contributed by atoms with Crippen molar-refractivity contribution in [3.8, 4) is 0 Å². The van der Waals surface area contributed by atoms with Crippen LogP contribution in [0.5, 0.6) is 0 Å². The van der Waals surface area contributed by atoms with E-state index in [1.165, 1.54) is 6.08 Å². The van der Waals surface area contributed by atoms with Crippen LogP contribution in [0.1, 0.15) is 27.6 Å². The van der Waals surface area contributed by atoms with Crippen LogP contribution in [0.4, 0.5) is 4.39 Å². The monoisotopic (exact) mass is 332 g/mol. The molecule has 0 amide bonds. The molecule has 0 fully saturated rings. The van der Waals surface area contributed by atoms with Gasteiger partial charge in [-0.1, -0.05) is 78.9 Å². The first-order valence-corrected chi connectivity index (χ1v) is 7.97. The van der Waals surface area contributed by atoms with Crippen LogP contribution in [-0.2, 0) is 4.74 Å². The highest BCUT2D eigenvalue weighted by atomic mass is 19.1. The molecule has 0 aliphatic rings. The number of rotatable bonds is 5. The van der Waals surface area contributed by atoms with Gasteiger partial charge in [0.25, 0.3) is 0 Å². The Hall–Kier alpha value is -3.20. The van der Waals surface area contributed by atoms with Gasteiger partial charge in [-0.25, -0.2) is 9.18 Å². The van der Waals surface area contributed by atoms with Crippen LogP contribution in [-0.4, -0.2) is 5.97 Å². The van der Waals surface area contributed by atoms with Crippen LogP contribution < -0.4 is 0 Å². The van der Waals surface area contributed by atoms with Crippen LogP contribution in [0, 0.1) is 0 Å². The molecule has 2 nitrogen and oxygen atoms in total. The Morgan fingerprint density at radius 2 is 1.32 bits per heavy atom. The largest absolute Gasteiger partial charge is 0.446 e. The standard InChI is InChI=1S/C22H17FO2/c23-20(16-17-10-4-1-5-11-17)21(18-12-6-2-7-13-18)25-22(24)19-14-8-3-9-15-19/h1-16,21H/b20-16-. The molecule has 3 heteroatoms. The van der Waals surface area contributed by atoms with Crippen molar-refractivity contribution in [1.29, 1.82) is 0 Å². The third kappa shape index (κ3) is 4.42. The van der Waals surface area contributed by atoms with Gasteiger partial charge in [-0.3, -0.25) is 0 Å². The molecule has 0 aliphatic carbocycles. The normalized spacial score (nSPS) is 12.4. The second-order valence-corrected chi connectivity index (χ2v) is 5.50. The van der Waals surface area contributed by atoms with Crippen molar-refractivity contribution >= 4 is 12.0 Å². The number of halogens is 1. The average Bonchev–Trinajstić information content (AvgIpc) is 2.68. The Bertz CT molecular complexity index is 843. The molecular weight excluding hydrogens is 315 g/mol. The summed E-state index contributed by atoms with van der Waals surface area (Å²) < 4.78 is 20.4. The predicted molar refractivity (Wildman–Crippen MR) is 96.6 cm³/mol. The number of carbonyl (C=O) groups is 1. The van der Waals surface area contributed by atoms with Crippen LogP contribution in [0.3, 0.4) is 0 Å². The number of esters is 1. The van der Waals surface area contributed by atoms with E-state index in [9.17, 15) is 9.18 Å². The molecule has 1 atom stereocenters. The molecule has 3 aromatic carbocycles. The van der Waals surface area contributed by atoms with Crippen molar-refractivity contribution in [1.82, 2.24) is 0 Å². The zero-order valence-corrected chi connectivity index (χ0v) is 13.5. The molecule has 0 N–H and O–H groups in total. The Balaban J connectivity index is 1.91. The highest BCUT2D eigenvalue weighted by Gasteiger charge is 2.22. The van der Waals surface area contributed by atoms with E-state index in [1.54, 1.807) is 66.7 Å². The maximum absolute atomic E-state index is 14.9. The van der Waals surface area contributed by atoms with Crippen LogP contribution in [0.2, 0.25) is 0 Å². The van der Waals surface area contributed by atoms with Gasteiger partial charge in [-0.05, 0) is 29.3 Å². The van der Waals surface area contributed by atoms with E-state index in [4.69, 9.17) is 4.74 Å². The fourth-order valence-electron chi connectivity index (χ4n) is 2.44. The molecule has 0 spiro atoms. The van der Waals surface area contributed by atoms with Crippen molar-refractivity contribution in [2.45, 2.75) is 6.10 Å². The lowest BCUT2D eigenvalue weighted by Gasteiger charge is -2.17. The van der Waals surface area contributed by atoms with E-state index in [0.29, 0.717) is 16.7 Å². The predicted octanol–water partition coefficient (Wildman–Crippen LogP) is 5.60. The van der Waals surface area contributed by atoms with E-state index >= 15 is 0 Å². The second-order valence-electron chi connectivity index (χ2n) is 5.50.